The van der Waals surface area contributed by atoms with Gasteiger partial charge >= 0.3 is 11.7 Å². The van der Waals surface area contributed by atoms with Crippen LogP contribution in [0.3, 0.4) is 0 Å². The second-order valence-corrected chi connectivity index (χ2v) is 5.89. The van der Waals surface area contributed by atoms with Gasteiger partial charge in [0.2, 0.25) is 0 Å². The molecule has 0 radical (unpaired) electrons. The van der Waals surface area contributed by atoms with E-state index in [0.29, 0.717) is 16.3 Å². The number of hydrogen-bond acceptors (Lipinski definition) is 5. The Morgan fingerprint density at radius 3 is 2.76 bits per heavy atom. The fourth-order valence-electron chi connectivity index (χ4n) is 2.52. The summed E-state index contributed by atoms with van der Waals surface area (Å²) < 4.78 is 2.05. The van der Waals surface area contributed by atoms with E-state index in [9.17, 15) is 14.4 Å². The fraction of sp³-hybridized carbons (Fsp3) is 0.200. The highest BCUT2D eigenvalue weighted by Gasteiger charge is 2.18. The minimum absolute atomic E-state index is 0.0821. The standard InChI is InChI=1S/C15H14ClN5O4/c1-20-14(24)11-13(21(15(20)25)5-4-10(22)23)19-12(18-11)8-3-2-7(16)6-9(8)17/h2-3,6H,4-5,17H2,1H3,(H,18,19)(H,22,23). The molecule has 130 valence electrons. The maximum atomic E-state index is 12.3. The van der Waals surface area contributed by atoms with Crippen LogP contribution in [0, 0.1) is 0 Å². The normalized spacial score (nSPS) is 11.1. The number of halogens is 1. The summed E-state index contributed by atoms with van der Waals surface area (Å²) in [5.41, 5.74) is 5.78. The second-order valence-electron chi connectivity index (χ2n) is 5.46. The first kappa shape index (κ1) is 16.8. The number of benzene rings is 1. The van der Waals surface area contributed by atoms with Gasteiger partial charge in [-0.2, -0.15) is 0 Å². The van der Waals surface area contributed by atoms with E-state index in [-0.39, 0.29) is 30.0 Å². The number of nitrogens with zero attached hydrogens (tertiary/aromatic N) is 3. The molecule has 0 saturated heterocycles. The monoisotopic (exact) mass is 363 g/mol. The number of hydrogen-bond donors (Lipinski definition) is 3. The first-order valence-electron chi connectivity index (χ1n) is 7.26. The molecular weight excluding hydrogens is 350 g/mol. The summed E-state index contributed by atoms with van der Waals surface area (Å²) in [5, 5.41) is 9.32. The maximum absolute atomic E-state index is 12.3. The summed E-state index contributed by atoms with van der Waals surface area (Å²) in [6.45, 7) is -0.112. The molecule has 0 aliphatic heterocycles. The van der Waals surface area contributed by atoms with Crippen LogP contribution in [0.1, 0.15) is 6.42 Å². The molecule has 0 aliphatic carbocycles. The van der Waals surface area contributed by atoms with Crippen LogP contribution in [0.25, 0.3) is 22.6 Å². The Kier molecular flexibility index (Phi) is 4.09. The lowest BCUT2D eigenvalue weighted by atomic mass is 10.2. The maximum Gasteiger partial charge on any atom is 0.332 e. The average molecular weight is 364 g/mol. The average Bonchev–Trinajstić information content (AvgIpc) is 2.97. The molecule has 0 saturated carbocycles. The van der Waals surface area contributed by atoms with Crippen molar-refractivity contribution in [3.05, 3.63) is 44.1 Å². The SMILES string of the molecule is Cn1c(=O)c2[nH]c(-c3ccc(Cl)cc3N)nc2n(CCC(=O)O)c1=O. The van der Waals surface area contributed by atoms with Crippen molar-refractivity contribution in [2.45, 2.75) is 13.0 Å². The molecule has 9 nitrogen and oxygen atoms in total. The molecule has 0 amide bonds. The number of fused-ring (bicyclic) bond motifs is 1. The van der Waals surface area contributed by atoms with Crippen molar-refractivity contribution in [2.75, 3.05) is 5.73 Å². The van der Waals surface area contributed by atoms with Gasteiger partial charge in [0.1, 0.15) is 11.3 Å². The number of rotatable bonds is 4. The highest BCUT2D eigenvalue weighted by atomic mass is 35.5. The van der Waals surface area contributed by atoms with Crippen LogP contribution < -0.4 is 17.0 Å². The summed E-state index contributed by atoms with van der Waals surface area (Å²) in [6.07, 6.45) is -0.279. The number of nitrogen functional groups attached to an aromatic ring is 1. The minimum Gasteiger partial charge on any atom is -0.481 e. The first-order chi connectivity index (χ1) is 11.8. The van der Waals surface area contributed by atoms with Gasteiger partial charge in [-0.3, -0.25) is 18.7 Å². The second kappa shape index (κ2) is 6.10. The molecule has 1 aromatic carbocycles. The van der Waals surface area contributed by atoms with Crippen molar-refractivity contribution in [1.82, 2.24) is 19.1 Å². The summed E-state index contributed by atoms with van der Waals surface area (Å²) >= 11 is 5.88. The van der Waals surface area contributed by atoms with Crippen LogP contribution in [-0.2, 0) is 18.4 Å². The molecule has 0 unspecified atom stereocenters. The van der Waals surface area contributed by atoms with Crippen LogP contribution in [-0.4, -0.2) is 30.2 Å². The molecule has 10 heteroatoms. The third kappa shape index (κ3) is 2.89. The zero-order valence-electron chi connectivity index (χ0n) is 13.1. The number of aromatic amines is 1. The third-order valence-corrected chi connectivity index (χ3v) is 4.03. The molecule has 0 bridgehead atoms. The number of carboxylic acid groups (broad SMARTS) is 1. The van der Waals surface area contributed by atoms with Gasteiger partial charge in [0.25, 0.3) is 5.56 Å². The van der Waals surface area contributed by atoms with Crippen molar-refractivity contribution in [3.63, 3.8) is 0 Å². The van der Waals surface area contributed by atoms with Crippen molar-refractivity contribution >= 4 is 34.4 Å². The number of aliphatic carboxylic acids is 1. The van der Waals surface area contributed by atoms with Gasteiger partial charge in [-0.1, -0.05) is 11.6 Å². The summed E-state index contributed by atoms with van der Waals surface area (Å²) in [4.78, 5) is 42.6. The molecule has 0 fully saturated rings. The van der Waals surface area contributed by atoms with Crippen molar-refractivity contribution in [2.24, 2.45) is 7.05 Å². The third-order valence-electron chi connectivity index (χ3n) is 3.79. The van der Waals surface area contributed by atoms with E-state index in [1.54, 1.807) is 18.2 Å². The number of aryl methyl sites for hydroxylation is 1. The molecule has 4 N–H and O–H groups in total. The first-order valence-corrected chi connectivity index (χ1v) is 7.64. The topological polar surface area (TPSA) is 136 Å². The van der Waals surface area contributed by atoms with Gasteiger partial charge in [-0.05, 0) is 18.2 Å². The van der Waals surface area contributed by atoms with E-state index in [4.69, 9.17) is 22.4 Å². The quantitative estimate of drug-likeness (QED) is 0.586. The molecule has 0 atom stereocenters. The highest BCUT2D eigenvalue weighted by Crippen LogP contribution is 2.27. The van der Waals surface area contributed by atoms with Gasteiger partial charge in [-0.25, -0.2) is 9.78 Å². The Hall–Kier alpha value is -3.07. The molecule has 2 aromatic heterocycles. The molecule has 25 heavy (non-hydrogen) atoms. The Morgan fingerprint density at radius 2 is 2.12 bits per heavy atom. The van der Waals surface area contributed by atoms with Gasteiger partial charge in [0, 0.05) is 29.9 Å². The summed E-state index contributed by atoms with van der Waals surface area (Å²) in [5.74, 6) is -0.775. The minimum atomic E-state index is -1.06. The van der Waals surface area contributed by atoms with Crippen LogP contribution in [0.4, 0.5) is 5.69 Å². The summed E-state index contributed by atoms with van der Waals surface area (Å²) in [7, 11) is 1.32. The molecule has 0 spiro atoms. The summed E-state index contributed by atoms with van der Waals surface area (Å²) in [6, 6.07) is 4.80. The molecule has 3 aromatic rings. The van der Waals surface area contributed by atoms with Crippen LogP contribution in [0.15, 0.2) is 27.8 Å². The Morgan fingerprint density at radius 1 is 1.40 bits per heavy atom. The van der Waals surface area contributed by atoms with Crippen LogP contribution in [0.5, 0.6) is 0 Å². The van der Waals surface area contributed by atoms with Crippen molar-refractivity contribution in [1.29, 1.82) is 0 Å². The van der Waals surface area contributed by atoms with E-state index in [1.165, 1.54) is 7.05 Å². The van der Waals surface area contributed by atoms with E-state index in [2.05, 4.69) is 9.97 Å². The molecule has 0 aliphatic rings. The van der Waals surface area contributed by atoms with Crippen LogP contribution >= 0.6 is 11.6 Å². The zero-order valence-corrected chi connectivity index (χ0v) is 13.9. The fourth-order valence-corrected chi connectivity index (χ4v) is 2.70. The number of carboxylic acids is 1. The number of H-pyrrole nitrogens is 1. The van der Waals surface area contributed by atoms with E-state index in [1.807, 2.05) is 0 Å². The number of nitrogens with one attached hydrogen (secondary N) is 1. The Balaban J connectivity index is 2.27. The van der Waals surface area contributed by atoms with Crippen LogP contribution in [0.2, 0.25) is 5.02 Å². The lowest BCUT2D eigenvalue weighted by Gasteiger charge is -2.06. The predicted octanol–water partition coefficient (Wildman–Crippen LogP) is 0.801. The van der Waals surface area contributed by atoms with Gasteiger partial charge in [0.05, 0.1) is 6.42 Å². The molecule has 2 heterocycles. The predicted molar refractivity (Wildman–Crippen MR) is 92.7 cm³/mol. The Labute approximate surface area is 145 Å². The van der Waals surface area contributed by atoms with Crippen molar-refractivity contribution < 1.29 is 9.90 Å². The van der Waals surface area contributed by atoms with E-state index < -0.39 is 17.2 Å². The van der Waals surface area contributed by atoms with Gasteiger partial charge in [0.15, 0.2) is 5.65 Å². The number of imidazole rings is 1. The highest BCUT2D eigenvalue weighted by molar-refractivity contribution is 6.31. The lowest BCUT2D eigenvalue weighted by molar-refractivity contribution is -0.137. The van der Waals surface area contributed by atoms with E-state index in [0.717, 1.165) is 9.13 Å². The van der Waals surface area contributed by atoms with E-state index >= 15 is 0 Å². The molecular formula is C15H14ClN5O4. The Bertz CT molecular complexity index is 1110. The van der Waals surface area contributed by atoms with Crippen molar-refractivity contribution in [3.8, 4) is 11.4 Å². The lowest BCUT2D eigenvalue weighted by Crippen LogP contribution is -2.38. The number of carbonyl (C=O) groups is 1. The zero-order chi connectivity index (χ0) is 18.3. The number of aromatic nitrogens is 4. The van der Waals surface area contributed by atoms with Gasteiger partial charge in [-0.15, -0.1) is 0 Å². The largest absolute Gasteiger partial charge is 0.481 e. The smallest absolute Gasteiger partial charge is 0.332 e. The number of anilines is 1. The number of nitrogens with two attached hydrogens (primary N) is 1. The molecule has 3 rings (SSSR count). The van der Waals surface area contributed by atoms with Gasteiger partial charge < -0.3 is 15.8 Å².